The van der Waals surface area contributed by atoms with Gasteiger partial charge in [-0.15, -0.1) is 0 Å². The van der Waals surface area contributed by atoms with Gasteiger partial charge in [-0.3, -0.25) is 4.79 Å². The summed E-state index contributed by atoms with van der Waals surface area (Å²) in [6.45, 7) is 4.77. The fourth-order valence-corrected chi connectivity index (χ4v) is 1.80. The molecule has 0 unspecified atom stereocenters. The summed E-state index contributed by atoms with van der Waals surface area (Å²) in [5, 5.41) is 5.35. The van der Waals surface area contributed by atoms with Crippen molar-refractivity contribution in [2.24, 2.45) is 5.73 Å². The first-order chi connectivity index (χ1) is 9.49. The zero-order chi connectivity index (χ0) is 15.0. The number of carbonyl (C=O) groups excluding carboxylic acids is 2. The first-order valence-corrected chi connectivity index (χ1v) is 6.92. The fraction of sp³-hybridized carbons (Fsp3) is 0.467. The molecule has 0 aliphatic carbocycles. The molecule has 0 aliphatic heterocycles. The summed E-state index contributed by atoms with van der Waals surface area (Å²) >= 11 is 0. The molecule has 0 aromatic heterocycles. The van der Waals surface area contributed by atoms with Crippen LogP contribution in [0.25, 0.3) is 0 Å². The van der Waals surface area contributed by atoms with Crippen LogP contribution in [0.2, 0.25) is 0 Å². The first kappa shape index (κ1) is 16.0. The summed E-state index contributed by atoms with van der Waals surface area (Å²) in [7, 11) is 0. The first-order valence-electron chi connectivity index (χ1n) is 6.92. The molecule has 1 aromatic carbocycles. The average molecular weight is 277 g/mol. The summed E-state index contributed by atoms with van der Waals surface area (Å²) in [6.07, 6.45) is 1.89. The molecule has 0 heterocycles. The van der Waals surface area contributed by atoms with Gasteiger partial charge in [0.25, 0.3) is 0 Å². The molecule has 0 aliphatic rings. The minimum atomic E-state index is -0.528. The Morgan fingerprint density at radius 1 is 1.15 bits per heavy atom. The standard InChI is InChI=1S/C15H23N3O2/c1-11(2)12-6-8-13(9-7-12)18-14(19)5-3-4-10-17-15(16)20/h6-9,11H,3-5,10H2,1-2H3,(H,18,19)(H3,16,17,20). The number of unbranched alkanes of at least 4 members (excludes halogenated alkanes) is 1. The van der Waals surface area contributed by atoms with Gasteiger partial charge in [-0.25, -0.2) is 4.79 Å². The average Bonchev–Trinajstić information content (AvgIpc) is 2.38. The molecule has 0 saturated carbocycles. The Morgan fingerprint density at radius 3 is 2.35 bits per heavy atom. The quantitative estimate of drug-likeness (QED) is 0.669. The van der Waals surface area contributed by atoms with Crippen molar-refractivity contribution in [3.8, 4) is 0 Å². The third-order valence-corrected chi connectivity index (χ3v) is 2.99. The van der Waals surface area contributed by atoms with Gasteiger partial charge in [0.1, 0.15) is 0 Å². The predicted octanol–water partition coefficient (Wildman–Crippen LogP) is 2.59. The van der Waals surface area contributed by atoms with Crippen LogP contribution in [0.3, 0.4) is 0 Å². The van der Waals surface area contributed by atoms with E-state index in [1.165, 1.54) is 5.56 Å². The van der Waals surface area contributed by atoms with E-state index in [9.17, 15) is 9.59 Å². The van der Waals surface area contributed by atoms with E-state index in [1.54, 1.807) is 0 Å². The molecule has 0 saturated heterocycles. The SMILES string of the molecule is CC(C)c1ccc(NC(=O)CCCCNC(N)=O)cc1. The molecule has 0 fully saturated rings. The van der Waals surface area contributed by atoms with Gasteiger partial charge in [-0.2, -0.15) is 0 Å². The molecule has 0 radical (unpaired) electrons. The van der Waals surface area contributed by atoms with Gasteiger partial charge in [-0.1, -0.05) is 26.0 Å². The van der Waals surface area contributed by atoms with E-state index in [-0.39, 0.29) is 5.91 Å². The Labute approximate surface area is 119 Å². The fourth-order valence-electron chi connectivity index (χ4n) is 1.80. The largest absolute Gasteiger partial charge is 0.352 e. The Balaban J connectivity index is 2.26. The van der Waals surface area contributed by atoms with E-state index in [0.29, 0.717) is 18.9 Å². The number of hydrogen-bond acceptors (Lipinski definition) is 2. The minimum Gasteiger partial charge on any atom is -0.352 e. The van der Waals surface area contributed by atoms with E-state index >= 15 is 0 Å². The highest BCUT2D eigenvalue weighted by Gasteiger charge is 2.03. The number of anilines is 1. The monoisotopic (exact) mass is 277 g/mol. The summed E-state index contributed by atoms with van der Waals surface area (Å²) < 4.78 is 0. The topological polar surface area (TPSA) is 84.2 Å². The number of rotatable bonds is 7. The van der Waals surface area contributed by atoms with Crippen molar-refractivity contribution in [2.75, 3.05) is 11.9 Å². The van der Waals surface area contributed by atoms with Gasteiger partial charge in [-0.05, 0) is 36.5 Å². The molecule has 110 valence electrons. The van der Waals surface area contributed by atoms with E-state index in [2.05, 4.69) is 24.5 Å². The maximum atomic E-state index is 11.7. The minimum absolute atomic E-state index is 0.0126. The van der Waals surface area contributed by atoms with Crippen LogP contribution in [0.4, 0.5) is 10.5 Å². The van der Waals surface area contributed by atoms with Crippen LogP contribution in [-0.2, 0) is 4.79 Å². The molecule has 1 rings (SSSR count). The third kappa shape index (κ3) is 6.22. The lowest BCUT2D eigenvalue weighted by atomic mass is 10.0. The van der Waals surface area contributed by atoms with Crippen LogP contribution >= 0.6 is 0 Å². The molecule has 0 bridgehead atoms. The molecule has 1 aromatic rings. The van der Waals surface area contributed by atoms with Gasteiger partial charge < -0.3 is 16.4 Å². The summed E-state index contributed by atoms with van der Waals surface area (Å²) in [6, 6.07) is 7.36. The molecule has 4 N–H and O–H groups in total. The summed E-state index contributed by atoms with van der Waals surface area (Å²) in [5.74, 6) is 0.471. The van der Waals surface area contributed by atoms with E-state index < -0.39 is 6.03 Å². The number of carbonyl (C=O) groups is 2. The Morgan fingerprint density at radius 2 is 1.80 bits per heavy atom. The number of hydrogen-bond donors (Lipinski definition) is 3. The van der Waals surface area contributed by atoms with Crippen molar-refractivity contribution >= 4 is 17.6 Å². The van der Waals surface area contributed by atoms with Gasteiger partial charge in [0.2, 0.25) is 5.91 Å². The van der Waals surface area contributed by atoms with Crippen LogP contribution in [0.1, 0.15) is 44.6 Å². The van der Waals surface area contributed by atoms with Crippen molar-refractivity contribution in [1.82, 2.24) is 5.32 Å². The highest BCUT2D eigenvalue weighted by Crippen LogP contribution is 2.17. The van der Waals surface area contributed by atoms with Gasteiger partial charge in [0, 0.05) is 18.7 Å². The van der Waals surface area contributed by atoms with Crippen molar-refractivity contribution in [3.63, 3.8) is 0 Å². The number of nitrogens with two attached hydrogens (primary N) is 1. The van der Waals surface area contributed by atoms with Crippen LogP contribution in [0.5, 0.6) is 0 Å². The number of urea groups is 1. The van der Waals surface area contributed by atoms with Crippen LogP contribution in [0.15, 0.2) is 24.3 Å². The van der Waals surface area contributed by atoms with Crippen molar-refractivity contribution in [2.45, 2.75) is 39.0 Å². The third-order valence-electron chi connectivity index (χ3n) is 2.99. The van der Waals surface area contributed by atoms with Crippen LogP contribution in [-0.4, -0.2) is 18.5 Å². The summed E-state index contributed by atoms with van der Waals surface area (Å²) in [5.41, 5.74) is 7.01. The summed E-state index contributed by atoms with van der Waals surface area (Å²) in [4.78, 5) is 22.1. The molecule has 20 heavy (non-hydrogen) atoms. The van der Waals surface area contributed by atoms with E-state index in [0.717, 1.165) is 18.5 Å². The number of primary amides is 1. The maximum Gasteiger partial charge on any atom is 0.312 e. The molecule has 5 nitrogen and oxygen atoms in total. The molecule has 0 spiro atoms. The van der Waals surface area contributed by atoms with Crippen molar-refractivity contribution in [1.29, 1.82) is 0 Å². The normalized spacial score (nSPS) is 10.3. The second-order valence-electron chi connectivity index (χ2n) is 5.07. The molecule has 5 heteroatoms. The van der Waals surface area contributed by atoms with Crippen LogP contribution < -0.4 is 16.4 Å². The lowest BCUT2D eigenvalue weighted by Gasteiger charge is -2.08. The molecular weight excluding hydrogens is 254 g/mol. The maximum absolute atomic E-state index is 11.7. The van der Waals surface area contributed by atoms with Gasteiger partial charge in [0.15, 0.2) is 0 Å². The van der Waals surface area contributed by atoms with Gasteiger partial charge in [0.05, 0.1) is 0 Å². The highest BCUT2D eigenvalue weighted by molar-refractivity contribution is 5.90. The molecule has 0 atom stereocenters. The number of amides is 3. The second-order valence-corrected chi connectivity index (χ2v) is 5.07. The van der Waals surface area contributed by atoms with Crippen molar-refractivity contribution in [3.05, 3.63) is 29.8 Å². The Hall–Kier alpha value is -2.04. The van der Waals surface area contributed by atoms with Gasteiger partial charge >= 0.3 is 6.03 Å². The smallest absolute Gasteiger partial charge is 0.312 e. The molecular formula is C15H23N3O2. The highest BCUT2D eigenvalue weighted by atomic mass is 16.2. The number of benzene rings is 1. The lowest BCUT2D eigenvalue weighted by molar-refractivity contribution is -0.116. The van der Waals surface area contributed by atoms with E-state index in [1.807, 2.05) is 24.3 Å². The zero-order valence-electron chi connectivity index (χ0n) is 12.1. The van der Waals surface area contributed by atoms with Crippen molar-refractivity contribution < 1.29 is 9.59 Å². The molecule has 3 amide bonds. The van der Waals surface area contributed by atoms with E-state index in [4.69, 9.17) is 5.73 Å². The van der Waals surface area contributed by atoms with Crippen LogP contribution in [0, 0.1) is 0 Å². The zero-order valence-corrected chi connectivity index (χ0v) is 12.1. The predicted molar refractivity (Wildman–Crippen MR) is 80.6 cm³/mol. The Kier molecular flexibility index (Phi) is 6.56. The second kappa shape index (κ2) is 8.19. The lowest BCUT2D eigenvalue weighted by Crippen LogP contribution is -2.30. The Bertz CT molecular complexity index is 441. The number of nitrogens with one attached hydrogen (secondary N) is 2.